The van der Waals surface area contributed by atoms with E-state index in [4.69, 9.17) is 11.6 Å². The van der Waals surface area contributed by atoms with Crippen molar-refractivity contribution in [1.29, 1.82) is 0 Å². The number of hydrogen-bond donors (Lipinski definition) is 1. The van der Waals surface area contributed by atoms with Gasteiger partial charge in [-0.2, -0.15) is 10.2 Å². The summed E-state index contributed by atoms with van der Waals surface area (Å²) >= 11 is 5.94. The highest BCUT2D eigenvalue weighted by atomic mass is 35.5. The molecular weight excluding hydrogens is 302 g/mol. The molecule has 0 aromatic carbocycles. The highest BCUT2D eigenvalue weighted by molar-refractivity contribution is 6.31. The molecule has 0 bridgehead atoms. The number of aryl methyl sites for hydroxylation is 3. The van der Waals surface area contributed by atoms with Crippen LogP contribution in [0.25, 0.3) is 6.08 Å². The molecule has 0 radical (unpaired) electrons. The number of halogens is 1. The fraction of sp³-hybridized carbons (Fsp3) is 0.400. The van der Waals surface area contributed by atoms with Gasteiger partial charge >= 0.3 is 0 Å². The van der Waals surface area contributed by atoms with Gasteiger partial charge in [0.05, 0.1) is 16.9 Å². The van der Waals surface area contributed by atoms with Crippen molar-refractivity contribution in [2.75, 3.05) is 6.54 Å². The average molecular weight is 322 g/mol. The van der Waals surface area contributed by atoms with Crippen LogP contribution in [0.3, 0.4) is 0 Å². The van der Waals surface area contributed by atoms with Crippen LogP contribution in [0.1, 0.15) is 24.6 Å². The van der Waals surface area contributed by atoms with Gasteiger partial charge in [-0.15, -0.1) is 0 Å². The maximum absolute atomic E-state index is 11.7. The third-order valence-electron chi connectivity index (χ3n) is 3.15. The van der Waals surface area contributed by atoms with E-state index in [-0.39, 0.29) is 5.91 Å². The summed E-state index contributed by atoms with van der Waals surface area (Å²) in [6.07, 6.45) is 9.50. The van der Waals surface area contributed by atoms with Crippen molar-refractivity contribution in [2.24, 2.45) is 0 Å². The molecule has 22 heavy (non-hydrogen) atoms. The van der Waals surface area contributed by atoms with E-state index in [1.807, 2.05) is 24.7 Å². The first-order valence-corrected chi connectivity index (χ1v) is 7.64. The number of carbonyl (C=O) groups is 1. The fourth-order valence-electron chi connectivity index (χ4n) is 1.93. The van der Waals surface area contributed by atoms with Crippen molar-refractivity contribution in [3.8, 4) is 0 Å². The molecule has 1 N–H and O–H groups in total. The lowest BCUT2D eigenvalue weighted by Crippen LogP contribution is -2.23. The molecule has 0 aliphatic carbocycles. The van der Waals surface area contributed by atoms with Crippen LogP contribution in [0.4, 0.5) is 0 Å². The van der Waals surface area contributed by atoms with E-state index in [9.17, 15) is 4.79 Å². The van der Waals surface area contributed by atoms with Crippen molar-refractivity contribution in [1.82, 2.24) is 24.9 Å². The van der Waals surface area contributed by atoms with Gasteiger partial charge in [-0.05, 0) is 26.3 Å². The molecule has 1 amide bonds. The zero-order valence-corrected chi connectivity index (χ0v) is 13.5. The highest BCUT2D eigenvalue weighted by Gasteiger charge is 2.01. The Balaban J connectivity index is 1.69. The molecule has 2 aromatic heterocycles. The Kier molecular flexibility index (Phi) is 5.77. The number of amides is 1. The topological polar surface area (TPSA) is 64.7 Å². The molecule has 2 aromatic rings. The van der Waals surface area contributed by atoms with E-state index in [2.05, 4.69) is 15.5 Å². The first-order valence-electron chi connectivity index (χ1n) is 7.26. The minimum Gasteiger partial charge on any atom is -0.352 e. The zero-order valence-electron chi connectivity index (χ0n) is 12.8. The fourth-order valence-corrected chi connectivity index (χ4v) is 2.08. The maximum Gasteiger partial charge on any atom is 0.244 e. The molecule has 0 atom stereocenters. The SMILES string of the molecule is CCn1cc(/C=C/C(=O)NCCCn2cc(Cl)c(C)n2)cn1. The van der Waals surface area contributed by atoms with E-state index in [0.29, 0.717) is 11.6 Å². The van der Waals surface area contributed by atoms with Crippen LogP contribution in [0, 0.1) is 6.92 Å². The number of nitrogens with zero attached hydrogens (tertiary/aromatic N) is 4. The Morgan fingerprint density at radius 2 is 2.23 bits per heavy atom. The van der Waals surface area contributed by atoms with Gasteiger partial charge < -0.3 is 5.32 Å². The zero-order chi connectivity index (χ0) is 15.9. The predicted molar refractivity (Wildman–Crippen MR) is 86.5 cm³/mol. The van der Waals surface area contributed by atoms with E-state index in [1.165, 1.54) is 6.08 Å². The van der Waals surface area contributed by atoms with Gasteiger partial charge in [0.1, 0.15) is 0 Å². The largest absolute Gasteiger partial charge is 0.352 e. The molecule has 7 heteroatoms. The Morgan fingerprint density at radius 1 is 1.41 bits per heavy atom. The van der Waals surface area contributed by atoms with Crippen molar-refractivity contribution in [3.63, 3.8) is 0 Å². The Labute approximate surface area is 134 Å². The summed E-state index contributed by atoms with van der Waals surface area (Å²) in [5.41, 5.74) is 1.74. The predicted octanol–water partition coefficient (Wildman–Crippen LogP) is 2.28. The van der Waals surface area contributed by atoms with Crippen LogP contribution in [0.15, 0.2) is 24.7 Å². The molecule has 0 saturated carbocycles. The summed E-state index contributed by atoms with van der Waals surface area (Å²) < 4.78 is 3.60. The second-order valence-corrected chi connectivity index (χ2v) is 5.34. The summed E-state index contributed by atoms with van der Waals surface area (Å²) in [7, 11) is 0. The Morgan fingerprint density at radius 3 is 2.86 bits per heavy atom. The van der Waals surface area contributed by atoms with Crippen LogP contribution in [-0.2, 0) is 17.9 Å². The normalized spacial score (nSPS) is 11.2. The lowest BCUT2D eigenvalue weighted by molar-refractivity contribution is -0.116. The summed E-state index contributed by atoms with van der Waals surface area (Å²) in [5.74, 6) is -0.112. The van der Waals surface area contributed by atoms with Crippen molar-refractivity contribution in [3.05, 3.63) is 40.9 Å². The number of carbonyl (C=O) groups excluding carboxylic acids is 1. The van der Waals surface area contributed by atoms with Gasteiger partial charge in [0, 0.05) is 43.7 Å². The molecule has 0 aliphatic heterocycles. The Hall–Kier alpha value is -2.08. The lowest BCUT2D eigenvalue weighted by Gasteiger charge is -2.02. The van der Waals surface area contributed by atoms with Crippen LogP contribution >= 0.6 is 11.6 Å². The van der Waals surface area contributed by atoms with E-state index in [0.717, 1.165) is 30.8 Å². The number of nitrogens with one attached hydrogen (secondary N) is 1. The number of rotatable bonds is 7. The lowest BCUT2D eigenvalue weighted by atomic mass is 10.3. The van der Waals surface area contributed by atoms with E-state index < -0.39 is 0 Å². The third kappa shape index (κ3) is 4.73. The van der Waals surface area contributed by atoms with Crippen LogP contribution in [0.2, 0.25) is 5.02 Å². The number of hydrogen-bond acceptors (Lipinski definition) is 3. The van der Waals surface area contributed by atoms with Crippen LogP contribution in [-0.4, -0.2) is 32.0 Å². The van der Waals surface area contributed by atoms with Gasteiger partial charge in [0.25, 0.3) is 0 Å². The van der Waals surface area contributed by atoms with Crippen LogP contribution < -0.4 is 5.32 Å². The number of aromatic nitrogens is 4. The second kappa shape index (κ2) is 7.79. The van der Waals surface area contributed by atoms with Gasteiger partial charge in [-0.25, -0.2) is 0 Å². The standard InChI is InChI=1S/C15H20ClN5O/c1-3-20-10-13(9-18-20)5-6-15(22)17-7-4-8-21-11-14(16)12(2)19-21/h5-6,9-11H,3-4,7-8H2,1-2H3,(H,17,22)/b6-5+. The maximum atomic E-state index is 11.7. The van der Waals surface area contributed by atoms with E-state index >= 15 is 0 Å². The van der Waals surface area contributed by atoms with E-state index in [1.54, 1.807) is 23.2 Å². The molecule has 0 saturated heterocycles. The molecule has 0 aliphatic rings. The molecule has 118 valence electrons. The van der Waals surface area contributed by atoms with Crippen molar-refractivity contribution >= 4 is 23.6 Å². The molecule has 0 spiro atoms. The van der Waals surface area contributed by atoms with Gasteiger partial charge in [-0.1, -0.05) is 11.6 Å². The summed E-state index contributed by atoms with van der Waals surface area (Å²) in [6, 6.07) is 0. The highest BCUT2D eigenvalue weighted by Crippen LogP contribution is 2.11. The molecule has 0 unspecified atom stereocenters. The minimum atomic E-state index is -0.112. The first-order chi connectivity index (χ1) is 10.6. The summed E-state index contributed by atoms with van der Waals surface area (Å²) in [5, 5.41) is 11.9. The second-order valence-electron chi connectivity index (χ2n) is 4.93. The minimum absolute atomic E-state index is 0.112. The molecular formula is C15H20ClN5O. The third-order valence-corrected chi connectivity index (χ3v) is 3.53. The van der Waals surface area contributed by atoms with Crippen molar-refractivity contribution < 1.29 is 4.79 Å². The quantitative estimate of drug-likeness (QED) is 0.628. The summed E-state index contributed by atoms with van der Waals surface area (Å²) in [6.45, 7) is 6.01. The molecule has 2 heterocycles. The smallest absolute Gasteiger partial charge is 0.244 e. The van der Waals surface area contributed by atoms with Gasteiger partial charge in [0.2, 0.25) is 5.91 Å². The van der Waals surface area contributed by atoms with Gasteiger partial charge in [0.15, 0.2) is 0 Å². The Bertz CT molecular complexity index is 639. The first kappa shape index (κ1) is 16.3. The summed E-state index contributed by atoms with van der Waals surface area (Å²) in [4.78, 5) is 11.7. The van der Waals surface area contributed by atoms with Crippen LogP contribution in [0.5, 0.6) is 0 Å². The average Bonchev–Trinajstić information content (AvgIpc) is 3.08. The van der Waals surface area contributed by atoms with Crippen molar-refractivity contribution in [2.45, 2.75) is 33.4 Å². The van der Waals surface area contributed by atoms with Gasteiger partial charge in [-0.3, -0.25) is 14.2 Å². The molecule has 6 nitrogen and oxygen atoms in total. The monoisotopic (exact) mass is 321 g/mol. The molecule has 2 rings (SSSR count). The molecule has 0 fully saturated rings.